The lowest BCUT2D eigenvalue weighted by Gasteiger charge is -2.44. The highest BCUT2D eigenvalue weighted by Crippen LogP contribution is 2.36. The van der Waals surface area contributed by atoms with Crippen LogP contribution < -0.4 is 5.56 Å². The number of nitrogens with zero attached hydrogens (tertiary/aromatic N) is 3. The van der Waals surface area contributed by atoms with Gasteiger partial charge in [-0.05, 0) is 43.4 Å². The molecule has 1 aromatic carbocycles. The van der Waals surface area contributed by atoms with E-state index in [1.165, 1.54) is 4.31 Å². The van der Waals surface area contributed by atoms with Gasteiger partial charge in [0, 0.05) is 56.3 Å². The highest BCUT2D eigenvalue weighted by Gasteiger charge is 2.39. The summed E-state index contributed by atoms with van der Waals surface area (Å²) in [5.74, 6) is 0.495. The Kier molecular flexibility index (Phi) is 5.22. The Balaban J connectivity index is 1.25. The number of likely N-dealkylation sites (tertiary alicyclic amines) is 1. The first-order chi connectivity index (χ1) is 14.9. The highest BCUT2D eigenvalue weighted by molar-refractivity contribution is 7.89. The van der Waals surface area contributed by atoms with E-state index in [1.54, 1.807) is 42.5 Å². The molecule has 3 aliphatic heterocycles. The lowest BCUT2D eigenvalue weighted by molar-refractivity contribution is -0.139. The molecular formula is C23H27N3O4S. The van der Waals surface area contributed by atoms with Crippen LogP contribution in [0.25, 0.3) is 0 Å². The van der Waals surface area contributed by atoms with E-state index in [-0.39, 0.29) is 23.3 Å². The number of hydrogen-bond donors (Lipinski definition) is 0. The smallest absolute Gasteiger partial charge is 0.250 e. The molecule has 0 saturated carbocycles. The zero-order valence-electron chi connectivity index (χ0n) is 17.4. The van der Waals surface area contributed by atoms with E-state index in [0.29, 0.717) is 56.4 Å². The number of benzene rings is 1. The molecule has 2 bridgehead atoms. The Bertz CT molecular complexity index is 1140. The fraction of sp³-hybridized carbons (Fsp3) is 0.478. The number of rotatable bonds is 3. The largest absolute Gasteiger partial charge is 0.341 e. The van der Waals surface area contributed by atoms with Crippen molar-refractivity contribution >= 4 is 15.9 Å². The van der Waals surface area contributed by atoms with Crippen molar-refractivity contribution in [2.24, 2.45) is 11.8 Å². The lowest BCUT2D eigenvalue weighted by Crippen LogP contribution is -2.52. The van der Waals surface area contributed by atoms with Gasteiger partial charge in [-0.2, -0.15) is 4.31 Å². The number of aromatic nitrogens is 1. The second-order valence-corrected chi connectivity index (χ2v) is 10.9. The van der Waals surface area contributed by atoms with Gasteiger partial charge in [-0.3, -0.25) is 9.59 Å². The van der Waals surface area contributed by atoms with Crippen molar-refractivity contribution in [1.29, 1.82) is 0 Å². The standard InChI is InChI=1S/C23H27N3O4S/c27-22-8-4-7-21-19-13-17(15-26(21)22)14-24(16-19)23(28)18-9-11-25(12-10-18)31(29,30)20-5-2-1-3-6-20/h1-8,17-19H,9-16H2. The van der Waals surface area contributed by atoms with E-state index in [2.05, 4.69) is 0 Å². The number of carbonyl (C=O) groups is 1. The number of piperidine rings is 2. The molecule has 8 heteroatoms. The first kappa shape index (κ1) is 20.5. The lowest BCUT2D eigenvalue weighted by atomic mass is 9.82. The Morgan fingerprint density at radius 3 is 2.39 bits per heavy atom. The molecule has 0 N–H and O–H groups in total. The Labute approximate surface area is 182 Å². The van der Waals surface area contributed by atoms with Crippen molar-refractivity contribution in [1.82, 2.24) is 13.8 Å². The van der Waals surface area contributed by atoms with Crippen molar-refractivity contribution < 1.29 is 13.2 Å². The van der Waals surface area contributed by atoms with Crippen LogP contribution in [0.15, 0.2) is 58.2 Å². The minimum Gasteiger partial charge on any atom is -0.341 e. The Morgan fingerprint density at radius 2 is 1.65 bits per heavy atom. The van der Waals surface area contributed by atoms with Gasteiger partial charge >= 0.3 is 0 Å². The monoisotopic (exact) mass is 441 g/mol. The molecule has 164 valence electrons. The van der Waals surface area contributed by atoms with Crippen LogP contribution in [0.3, 0.4) is 0 Å². The second kappa shape index (κ2) is 7.91. The van der Waals surface area contributed by atoms with E-state index in [0.717, 1.165) is 12.1 Å². The average molecular weight is 442 g/mol. The van der Waals surface area contributed by atoms with E-state index in [4.69, 9.17) is 0 Å². The molecule has 7 nitrogen and oxygen atoms in total. The van der Waals surface area contributed by atoms with Crippen LogP contribution in [-0.4, -0.2) is 54.3 Å². The predicted octanol–water partition coefficient (Wildman–Crippen LogP) is 1.89. The van der Waals surface area contributed by atoms with Gasteiger partial charge in [0.15, 0.2) is 0 Å². The molecule has 0 spiro atoms. The molecule has 0 radical (unpaired) electrons. The van der Waals surface area contributed by atoms with Crippen molar-refractivity contribution in [2.75, 3.05) is 26.2 Å². The summed E-state index contributed by atoms with van der Waals surface area (Å²) in [5, 5.41) is 0. The van der Waals surface area contributed by atoms with E-state index >= 15 is 0 Å². The molecule has 3 aliphatic rings. The van der Waals surface area contributed by atoms with Crippen LogP contribution in [0.5, 0.6) is 0 Å². The SMILES string of the molecule is O=C(C1CCN(S(=O)(=O)c2ccccc2)CC1)N1CC2CC(C1)c1cccc(=O)n1C2. The first-order valence-corrected chi connectivity index (χ1v) is 12.4. The van der Waals surface area contributed by atoms with Gasteiger partial charge in [-0.25, -0.2) is 8.42 Å². The molecule has 1 aromatic heterocycles. The van der Waals surface area contributed by atoms with E-state index in [9.17, 15) is 18.0 Å². The Hall–Kier alpha value is -2.45. The minimum atomic E-state index is -3.51. The molecule has 0 aliphatic carbocycles. The van der Waals surface area contributed by atoms with Crippen LogP contribution in [0.4, 0.5) is 0 Å². The third-order valence-corrected chi connectivity index (χ3v) is 8.89. The van der Waals surface area contributed by atoms with Crippen molar-refractivity contribution in [2.45, 2.75) is 36.6 Å². The fourth-order valence-corrected chi connectivity index (χ4v) is 6.91. The number of fused-ring (bicyclic) bond motifs is 4. The van der Waals surface area contributed by atoms with Gasteiger partial charge < -0.3 is 9.47 Å². The van der Waals surface area contributed by atoms with E-state index in [1.807, 2.05) is 15.5 Å². The predicted molar refractivity (Wildman–Crippen MR) is 116 cm³/mol. The number of sulfonamides is 1. The summed E-state index contributed by atoms with van der Waals surface area (Å²) in [6, 6.07) is 13.9. The summed E-state index contributed by atoms with van der Waals surface area (Å²) in [4.78, 5) is 27.7. The highest BCUT2D eigenvalue weighted by atomic mass is 32.2. The summed E-state index contributed by atoms with van der Waals surface area (Å²) >= 11 is 0. The van der Waals surface area contributed by atoms with Crippen LogP contribution in [0.1, 0.15) is 30.9 Å². The first-order valence-electron chi connectivity index (χ1n) is 11.0. The molecule has 2 aromatic rings. The molecule has 31 heavy (non-hydrogen) atoms. The third kappa shape index (κ3) is 3.72. The molecule has 2 saturated heterocycles. The van der Waals surface area contributed by atoms with Crippen LogP contribution in [0, 0.1) is 11.8 Å². The summed E-state index contributed by atoms with van der Waals surface area (Å²) in [6.45, 7) is 2.72. The molecule has 4 heterocycles. The van der Waals surface area contributed by atoms with Crippen molar-refractivity contribution in [3.63, 3.8) is 0 Å². The minimum absolute atomic E-state index is 0.0407. The normalized spacial score (nSPS) is 24.6. The molecule has 2 atom stereocenters. The number of pyridine rings is 1. The maximum atomic E-state index is 13.3. The van der Waals surface area contributed by atoms with Gasteiger partial charge in [0.25, 0.3) is 5.56 Å². The fourth-order valence-electron chi connectivity index (χ4n) is 5.42. The van der Waals surface area contributed by atoms with Crippen LogP contribution >= 0.6 is 0 Å². The summed E-state index contributed by atoms with van der Waals surface area (Å²) in [7, 11) is -3.51. The van der Waals surface area contributed by atoms with E-state index < -0.39 is 10.0 Å². The molecule has 1 amide bonds. The summed E-state index contributed by atoms with van der Waals surface area (Å²) in [5.41, 5.74) is 1.07. The average Bonchev–Trinajstić information content (AvgIpc) is 2.80. The molecule has 2 unspecified atom stereocenters. The topological polar surface area (TPSA) is 79.7 Å². The zero-order valence-corrected chi connectivity index (χ0v) is 18.2. The van der Waals surface area contributed by atoms with Crippen LogP contribution in [-0.2, 0) is 21.4 Å². The quantitative estimate of drug-likeness (QED) is 0.729. The van der Waals surface area contributed by atoms with Crippen molar-refractivity contribution in [3.8, 4) is 0 Å². The Morgan fingerprint density at radius 1 is 0.903 bits per heavy atom. The maximum Gasteiger partial charge on any atom is 0.250 e. The van der Waals surface area contributed by atoms with Gasteiger partial charge in [0.1, 0.15) is 0 Å². The van der Waals surface area contributed by atoms with Crippen LogP contribution in [0.2, 0.25) is 0 Å². The van der Waals surface area contributed by atoms with Gasteiger partial charge in [-0.15, -0.1) is 0 Å². The molecular weight excluding hydrogens is 414 g/mol. The van der Waals surface area contributed by atoms with Gasteiger partial charge in [0.05, 0.1) is 4.90 Å². The zero-order chi connectivity index (χ0) is 21.6. The molecule has 5 rings (SSSR count). The number of hydrogen-bond acceptors (Lipinski definition) is 4. The number of carbonyl (C=O) groups excluding carboxylic acids is 1. The van der Waals surface area contributed by atoms with Gasteiger partial charge in [0.2, 0.25) is 15.9 Å². The molecule has 2 fully saturated rings. The summed E-state index contributed by atoms with van der Waals surface area (Å²) < 4.78 is 29.1. The van der Waals surface area contributed by atoms with Crippen molar-refractivity contribution in [3.05, 3.63) is 64.6 Å². The second-order valence-electron chi connectivity index (χ2n) is 8.93. The third-order valence-electron chi connectivity index (χ3n) is 6.98. The number of amides is 1. The van der Waals surface area contributed by atoms with Gasteiger partial charge in [-0.1, -0.05) is 24.3 Å². The summed E-state index contributed by atoms with van der Waals surface area (Å²) in [6.07, 6.45) is 2.11. The maximum absolute atomic E-state index is 13.3.